The van der Waals surface area contributed by atoms with Crippen LogP contribution in [0, 0.1) is 0 Å². The van der Waals surface area contributed by atoms with Gasteiger partial charge in [0.1, 0.15) is 0 Å². The summed E-state index contributed by atoms with van der Waals surface area (Å²) in [5.41, 5.74) is 2.37. The molecule has 2 rings (SSSR count). The molecule has 2 N–H and O–H groups in total. The second-order valence-corrected chi connectivity index (χ2v) is 4.07. The summed E-state index contributed by atoms with van der Waals surface area (Å²) in [4.78, 5) is 8.12. The van der Waals surface area contributed by atoms with E-state index in [1.165, 1.54) is 5.56 Å². The van der Waals surface area contributed by atoms with Crippen molar-refractivity contribution in [2.24, 2.45) is 0 Å². The lowest BCUT2D eigenvalue weighted by atomic mass is 10.2. The van der Waals surface area contributed by atoms with E-state index >= 15 is 0 Å². The van der Waals surface area contributed by atoms with Crippen molar-refractivity contribution in [1.29, 1.82) is 0 Å². The zero-order valence-electron chi connectivity index (χ0n) is 11.6. The molecule has 2 aromatic rings. The third-order valence-corrected chi connectivity index (χ3v) is 2.47. The SMILES string of the molecule is CNCCc1cccnc1.CNCc1ccccn1. The summed E-state index contributed by atoms with van der Waals surface area (Å²) in [6, 6.07) is 9.95. The van der Waals surface area contributed by atoms with Crippen molar-refractivity contribution in [2.75, 3.05) is 20.6 Å². The van der Waals surface area contributed by atoms with Crippen LogP contribution in [-0.2, 0) is 13.0 Å². The van der Waals surface area contributed by atoms with Crippen LogP contribution >= 0.6 is 0 Å². The van der Waals surface area contributed by atoms with E-state index in [0.29, 0.717) is 0 Å². The van der Waals surface area contributed by atoms with E-state index in [4.69, 9.17) is 0 Å². The Kier molecular flexibility index (Phi) is 8.18. The molecule has 2 aromatic heterocycles. The highest BCUT2D eigenvalue weighted by molar-refractivity contribution is 5.08. The van der Waals surface area contributed by atoms with Crippen molar-refractivity contribution in [1.82, 2.24) is 20.6 Å². The van der Waals surface area contributed by atoms with Gasteiger partial charge in [0.2, 0.25) is 0 Å². The number of hydrogen-bond donors (Lipinski definition) is 2. The van der Waals surface area contributed by atoms with Crippen molar-refractivity contribution in [2.45, 2.75) is 13.0 Å². The zero-order valence-corrected chi connectivity index (χ0v) is 11.6. The molecule has 4 nitrogen and oxygen atoms in total. The molecule has 0 fully saturated rings. The molecule has 0 aliphatic heterocycles. The Hall–Kier alpha value is -1.78. The van der Waals surface area contributed by atoms with Crippen LogP contribution in [0.5, 0.6) is 0 Å². The summed E-state index contributed by atoms with van der Waals surface area (Å²) in [6.45, 7) is 1.87. The van der Waals surface area contributed by atoms with E-state index in [1.54, 1.807) is 12.4 Å². The molecule has 4 heteroatoms. The van der Waals surface area contributed by atoms with Crippen LogP contribution in [0.4, 0.5) is 0 Å². The van der Waals surface area contributed by atoms with E-state index < -0.39 is 0 Å². The Labute approximate surface area is 115 Å². The summed E-state index contributed by atoms with van der Waals surface area (Å²) < 4.78 is 0. The smallest absolute Gasteiger partial charge is 0.0541 e. The number of pyridine rings is 2. The van der Waals surface area contributed by atoms with Gasteiger partial charge in [0, 0.05) is 25.1 Å². The first kappa shape index (κ1) is 15.3. The first-order chi connectivity index (χ1) is 9.36. The first-order valence-electron chi connectivity index (χ1n) is 6.45. The monoisotopic (exact) mass is 258 g/mol. The van der Waals surface area contributed by atoms with Crippen LogP contribution in [-0.4, -0.2) is 30.6 Å². The lowest BCUT2D eigenvalue weighted by Crippen LogP contribution is -2.10. The van der Waals surface area contributed by atoms with Crippen LogP contribution in [0.1, 0.15) is 11.3 Å². The number of hydrogen-bond acceptors (Lipinski definition) is 4. The number of likely N-dealkylation sites (N-methyl/N-ethyl adjacent to an activating group) is 1. The fraction of sp³-hybridized carbons (Fsp3) is 0.333. The van der Waals surface area contributed by atoms with Gasteiger partial charge in [-0.2, -0.15) is 0 Å². The summed E-state index contributed by atoms with van der Waals surface area (Å²) >= 11 is 0. The van der Waals surface area contributed by atoms with E-state index in [0.717, 1.165) is 25.2 Å². The fourth-order valence-corrected chi connectivity index (χ4v) is 1.50. The fourth-order valence-electron chi connectivity index (χ4n) is 1.50. The predicted octanol–water partition coefficient (Wildman–Crippen LogP) is 1.64. The maximum Gasteiger partial charge on any atom is 0.0541 e. The Bertz CT molecular complexity index is 417. The van der Waals surface area contributed by atoms with Crippen LogP contribution in [0.2, 0.25) is 0 Å². The van der Waals surface area contributed by atoms with E-state index in [1.807, 2.05) is 44.6 Å². The second-order valence-electron chi connectivity index (χ2n) is 4.07. The van der Waals surface area contributed by atoms with Gasteiger partial charge in [-0.15, -0.1) is 0 Å². The van der Waals surface area contributed by atoms with Gasteiger partial charge < -0.3 is 10.6 Å². The molecule has 0 bridgehead atoms. The highest BCUT2D eigenvalue weighted by atomic mass is 14.8. The van der Waals surface area contributed by atoms with E-state index in [2.05, 4.69) is 26.7 Å². The Balaban J connectivity index is 0.000000191. The molecule has 0 aromatic carbocycles. The maximum atomic E-state index is 4.11. The number of nitrogens with zero attached hydrogens (tertiary/aromatic N) is 2. The molecule has 0 amide bonds. The first-order valence-corrected chi connectivity index (χ1v) is 6.45. The van der Waals surface area contributed by atoms with Gasteiger partial charge in [-0.05, 0) is 50.8 Å². The maximum absolute atomic E-state index is 4.11. The van der Waals surface area contributed by atoms with Gasteiger partial charge >= 0.3 is 0 Å². The molecule has 0 radical (unpaired) electrons. The van der Waals surface area contributed by atoms with Crippen LogP contribution < -0.4 is 10.6 Å². The molecule has 19 heavy (non-hydrogen) atoms. The van der Waals surface area contributed by atoms with Crippen molar-refractivity contribution in [3.63, 3.8) is 0 Å². The van der Waals surface area contributed by atoms with E-state index in [9.17, 15) is 0 Å². The summed E-state index contributed by atoms with van der Waals surface area (Å²) in [5.74, 6) is 0. The van der Waals surface area contributed by atoms with Gasteiger partial charge in [-0.1, -0.05) is 12.1 Å². The topological polar surface area (TPSA) is 49.8 Å². The van der Waals surface area contributed by atoms with Gasteiger partial charge in [0.05, 0.1) is 5.69 Å². The minimum atomic E-state index is 0.848. The molecule has 0 aliphatic carbocycles. The van der Waals surface area contributed by atoms with Crippen molar-refractivity contribution in [3.05, 3.63) is 60.2 Å². The van der Waals surface area contributed by atoms with Gasteiger partial charge in [-0.25, -0.2) is 0 Å². The molecular formula is C15H22N4. The standard InChI is InChI=1S/C8H12N2.C7H10N2/c1-9-6-4-8-3-2-5-10-7-8;1-8-6-7-4-2-3-5-9-7/h2-3,5,7,9H,4,6H2,1H3;2-5,8H,6H2,1H3. The van der Waals surface area contributed by atoms with Crippen LogP contribution in [0.15, 0.2) is 48.9 Å². The number of nitrogens with one attached hydrogen (secondary N) is 2. The zero-order chi connectivity index (χ0) is 13.8. The minimum Gasteiger partial charge on any atom is -0.319 e. The van der Waals surface area contributed by atoms with Crippen molar-refractivity contribution >= 4 is 0 Å². The highest BCUT2D eigenvalue weighted by Gasteiger charge is 1.87. The average Bonchev–Trinajstić information content (AvgIpc) is 2.48. The lowest BCUT2D eigenvalue weighted by Gasteiger charge is -1.97. The van der Waals surface area contributed by atoms with Crippen LogP contribution in [0.3, 0.4) is 0 Å². The second kappa shape index (κ2) is 10.2. The molecule has 102 valence electrons. The van der Waals surface area contributed by atoms with Crippen molar-refractivity contribution < 1.29 is 0 Å². The molecule has 0 saturated carbocycles. The molecule has 2 heterocycles. The molecular weight excluding hydrogens is 236 g/mol. The molecule has 0 spiro atoms. The largest absolute Gasteiger partial charge is 0.319 e. The third kappa shape index (κ3) is 7.28. The quantitative estimate of drug-likeness (QED) is 0.856. The highest BCUT2D eigenvalue weighted by Crippen LogP contribution is 1.94. The molecule has 0 aliphatic rings. The Morgan fingerprint density at radius 2 is 1.89 bits per heavy atom. The van der Waals surface area contributed by atoms with Gasteiger partial charge in [0.15, 0.2) is 0 Å². The minimum absolute atomic E-state index is 0.848. The van der Waals surface area contributed by atoms with E-state index in [-0.39, 0.29) is 0 Å². The Morgan fingerprint density at radius 1 is 1.00 bits per heavy atom. The molecule has 0 saturated heterocycles. The number of rotatable bonds is 5. The molecule has 0 unspecified atom stereocenters. The van der Waals surface area contributed by atoms with Crippen LogP contribution in [0.25, 0.3) is 0 Å². The normalized spacial score (nSPS) is 9.58. The lowest BCUT2D eigenvalue weighted by molar-refractivity contribution is 0.789. The molecule has 0 atom stereocenters. The Morgan fingerprint density at radius 3 is 2.47 bits per heavy atom. The van der Waals surface area contributed by atoms with Crippen molar-refractivity contribution in [3.8, 4) is 0 Å². The van der Waals surface area contributed by atoms with Gasteiger partial charge in [-0.3, -0.25) is 9.97 Å². The summed E-state index contributed by atoms with van der Waals surface area (Å²) in [7, 11) is 3.87. The number of aromatic nitrogens is 2. The third-order valence-electron chi connectivity index (χ3n) is 2.47. The predicted molar refractivity (Wildman–Crippen MR) is 78.9 cm³/mol. The average molecular weight is 258 g/mol. The summed E-state index contributed by atoms with van der Waals surface area (Å²) in [5, 5.41) is 6.11. The van der Waals surface area contributed by atoms with Gasteiger partial charge in [0.25, 0.3) is 0 Å². The summed E-state index contributed by atoms with van der Waals surface area (Å²) in [6.07, 6.45) is 6.55.